The van der Waals surface area contributed by atoms with Crippen LogP contribution in [0.1, 0.15) is 18.4 Å². The molecule has 3 heterocycles. The number of carbonyl (C=O) groups is 4. The summed E-state index contributed by atoms with van der Waals surface area (Å²) in [6.07, 6.45) is -24.3. The van der Waals surface area contributed by atoms with Gasteiger partial charge >= 0.3 is 5.97 Å². The molecule has 16 atom stereocenters. The largest absolute Gasteiger partial charge is 0.461 e. The van der Waals surface area contributed by atoms with Gasteiger partial charge in [-0.1, -0.05) is 30.3 Å². The molecule has 3 fully saturated rings. The Labute approximate surface area is 383 Å². The lowest BCUT2D eigenvalue weighted by Gasteiger charge is -2.39. The predicted octanol–water partition coefficient (Wildman–Crippen LogP) is -9.02. The molecule has 67 heavy (non-hydrogen) atoms. The Morgan fingerprint density at radius 1 is 0.552 bits per heavy atom. The van der Waals surface area contributed by atoms with Gasteiger partial charge in [0.05, 0.1) is 58.8 Å². The Kier molecular flexibility index (Phi) is 23.5. The summed E-state index contributed by atoms with van der Waals surface area (Å²) in [5, 5.41) is 127. The van der Waals surface area contributed by atoms with Crippen LogP contribution in [0.2, 0.25) is 0 Å². The molecule has 0 unspecified atom stereocenters. The zero-order chi connectivity index (χ0) is 49.2. The van der Waals surface area contributed by atoms with Crippen molar-refractivity contribution in [3.8, 4) is 0 Å². The maximum absolute atomic E-state index is 13.9. The van der Waals surface area contributed by atoms with Crippen LogP contribution in [0.15, 0.2) is 30.3 Å². The summed E-state index contributed by atoms with van der Waals surface area (Å²) >= 11 is 0. The van der Waals surface area contributed by atoms with Crippen molar-refractivity contribution >= 4 is 23.7 Å². The van der Waals surface area contributed by atoms with Crippen LogP contribution in [-0.2, 0) is 58.9 Å². The van der Waals surface area contributed by atoms with E-state index in [2.05, 4.69) is 16.0 Å². The lowest BCUT2D eigenvalue weighted by atomic mass is 9.99. The molecule has 15 N–H and O–H groups in total. The molecule has 1 aromatic rings. The van der Waals surface area contributed by atoms with Gasteiger partial charge in [-0.2, -0.15) is 0 Å². The highest BCUT2D eigenvalue weighted by Gasteiger charge is 2.46. The van der Waals surface area contributed by atoms with Crippen molar-refractivity contribution in [2.24, 2.45) is 0 Å². The lowest BCUT2D eigenvalue weighted by molar-refractivity contribution is -0.300. The number of aliphatic hydroxyl groups excluding tert-OH is 12. The fraction of sp³-hybridized carbons (Fsp3) is 0.750. The number of benzene rings is 1. The summed E-state index contributed by atoms with van der Waals surface area (Å²) in [5.41, 5.74) is 0.672. The normalized spacial score (nSPS) is 32.6. The third-order valence-electron chi connectivity index (χ3n) is 10.9. The number of esters is 1. The molecule has 3 aliphatic heterocycles. The van der Waals surface area contributed by atoms with Gasteiger partial charge < -0.3 is 110 Å². The van der Waals surface area contributed by atoms with Crippen molar-refractivity contribution in [2.75, 3.05) is 72.4 Å². The second-order valence-electron chi connectivity index (χ2n) is 15.8. The minimum absolute atomic E-state index is 0.100. The molecule has 1 aromatic carbocycles. The minimum Gasteiger partial charge on any atom is -0.461 e. The average molecular weight is 969 g/mol. The number of aliphatic hydroxyl groups is 12. The summed E-state index contributed by atoms with van der Waals surface area (Å²) in [5.74, 6) is -3.14. The van der Waals surface area contributed by atoms with Crippen molar-refractivity contribution in [1.82, 2.24) is 20.9 Å². The maximum Gasteiger partial charge on any atom is 0.306 e. The van der Waals surface area contributed by atoms with Gasteiger partial charge in [0.2, 0.25) is 17.7 Å². The lowest BCUT2D eigenvalue weighted by Crippen LogP contribution is -2.59. The quantitative estimate of drug-likeness (QED) is 0.0303. The molecule has 3 aliphatic rings. The fourth-order valence-corrected chi connectivity index (χ4v) is 7.11. The monoisotopic (exact) mass is 968 g/mol. The molecule has 0 radical (unpaired) electrons. The Hall–Kier alpha value is -3.66. The zero-order valence-corrected chi connectivity index (χ0v) is 36.3. The van der Waals surface area contributed by atoms with E-state index in [1.165, 1.54) is 0 Å². The van der Waals surface area contributed by atoms with Gasteiger partial charge in [-0.3, -0.25) is 24.1 Å². The van der Waals surface area contributed by atoms with Crippen molar-refractivity contribution in [1.29, 1.82) is 0 Å². The van der Waals surface area contributed by atoms with Crippen LogP contribution in [0, 0.1) is 0 Å². The van der Waals surface area contributed by atoms with E-state index < -0.39 is 161 Å². The van der Waals surface area contributed by atoms with Crippen molar-refractivity contribution in [3.63, 3.8) is 0 Å². The van der Waals surface area contributed by atoms with Gasteiger partial charge in [0.25, 0.3) is 0 Å². The number of hydrogen-bond donors (Lipinski definition) is 15. The smallest absolute Gasteiger partial charge is 0.306 e. The van der Waals surface area contributed by atoms with Crippen LogP contribution in [0.25, 0.3) is 0 Å². The van der Waals surface area contributed by atoms with E-state index in [0.717, 1.165) is 4.90 Å². The highest BCUT2D eigenvalue weighted by atomic mass is 16.7. The summed E-state index contributed by atoms with van der Waals surface area (Å²) in [6, 6.07) is 7.26. The SMILES string of the molecule is O=C(CN(CC(=O)NCCO[C@@H]1O[C@H](CO)[C@@H](O)[C@H](O)[C@H]1O)[C@@H](CCC(=O)OCc1ccccc1)C(=O)NCCO[C@@H]1O[C@H](CO)[C@@H](O)[C@H](O)[C@H]1O)NCCO[C@@H]1O[C@H](CO)[C@@H](O)[C@H](O)[C@H]1O. The first kappa shape index (κ1) is 55.9. The van der Waals surface area contributed by atoms with Crippen LogP contribution in [-0.4, -0.2) is 260 Å². The molecule has 27 heteroatoms. The van der Waals surface area contributed by atoms with Crippen molar-refractivity contribution in [3.05, 3.63) is 35.9 Å². The van der Waals surface area contributed by atoms with E-state index in [-0.39, 0.29) is 52.5 Å². The van der Waals surface area contributed by atoms with Gasteiger partial charge in [-0.05, 0) is 12.0 Å². The molecule has 0 bridgehead atoms. The number of rotatable bonds is 26. The zero-order valence-electron chi connectivity index (χ0n) is 36.3. The first-order chi connectivity index (χ1) is 32.0. The van der Waals surface area contributed by atoms with E-state index >= 15 is 0 Å². The average Bonchev–Trinajstić information content (AvgIpc) is 3.32. The van der Waals surface area contributed by atoms with Crippen LogP contribution in [0.5, 0.6) is 0 Å². The topological polar surface area (TPSA) is 415 Å². The van der Waals surface area contributed by atoms with Crippen LogP contribution in [0.3, 0.4) is 0 Å². The number of nitrogens with zero attached hydrogens (tertiary/aromatic N) is 1. The van der Waals surface area contributed by atoms with Gasteiger partial charge in [-0.25, -0.2) is 0 Å². The molecular weight excluding hydrogens is 904 g/mol. The van der Waals surface area contributed by atoms with Crippen LogP contribution in [0.4, 0.5) is 0 Å². The van der Waals surface area contributed by atoms with E-state index in [1.807, 2.05) is 0 Å². The number of amides is 3. The maximum atomic E-state index is 13.9. The predicted molar refractivity (Wildman–Crippen MR) is 219 cm³/mol. The van der Waals surface area contributed by atoms with E-state index in [1.54, 1.807) is 30.3 Å². The van der Waals surface area contributed by atoms with Crippen molar-refractivity contribution in [2.45, 2.75) is 118 Å². The molecule has 27 nitrogen and oxygen atoms in total. The van der Waals surface area contributed by atoms with Gasteiger partial charge in [0.15, 0.2) is 18.9 Å². The Bertz CT molecular complexity index is 1590. The number of ether oxygens (including phenoxy) is 7. The molecule has 4 rings (SSSR count). The summed E-state index contributed by atoms with van der Waals surface area (Å²) < 4.78 is 37.6. The highest BCUT2D eigenvalue weighted by molar-refractivity contribution is 5.86. The first-order valence-electron chi connectivity index (χ1n) is 21.5. The van der Waals surface area contributed by atoms with Gasteiger partial charge in [0.1, 0.15) is 79.9 Å². The third-order valence-corrected chi connectivity index (χ3v) is 10.9. The molecule has 0 saturated carbocycles. The fourth-order valence-electron chi connectivity index (χ4n) is 7.11. The van der Waals surface area contributed by atoms with Crippen LogP contribution < -0.4 is 16.0 Å². The van der Waals surface area contributed by atoms with E-state index in [0.29, 0.717) is 5.56 Å². The summed E-state index contributed by atoms with van der Waals surface area (Å²) in [7, 11) is 0. The Morgan fingerprint density at radius 3 is 1.33 bits per heavy atom. The first-order valence-corrected chi connectivity index (χ1v) is 21.5. The number of hydrogen-bond acceptors (Lipinski definition) is 24. The molecule has 0 spiro atoms. The minimum atomic E-state index is -1.74. The molecule has 0 aromatic heterocycles. The molecule has 382 valence electrons. The molecule has 3 amide bonds. The van der Waals surface area contributed by atoms with E-state index in [9.17, 15) is 80.5 Å². The summed E-state index contributed by atoms with van der Waals surface area (Å²) in [4.78, 5) is 54.9. The second-order valence-corrected chi connectivity index (χ2v) is 15.8. The van der Waals surface area contributed by atoms with Crippen LogP contribution >= 0.6 is 0 Å². The molecular formula is C40H64N4O23. The Morgan fingerprint density at radius 2 is 0.940 bits per heavy atom. The molecule has 0 aliphatic carbocycles. The molecule has 3 saturated heterocycles. The highest BCUT2D eigenvalue weighted by Crippen LogP contribution is 2.24. The standard InChI is InChI=1S/C40H64N4O23/c45-16-22-28(51)31(54)34(57)38(65-22)61-11-8-41-25(48)14-44(15-26(49)42-9-12-62-39-35(58)32(55)29(52)23(17-46)66-39)21(6-7-27(50)64-19-20-4-2-1-3-5-20)37(60)43-10-13-63-40-36(59)33(56)30(53)24(18-47)67-40/h1-5,21-24,28-36,38-40,45-47,51-59H,6-19H2,(H,41,48)(H,42,49)(H,43,60)/t21-,22+,23+,24+,28+,29+,30+,31-,32-,33-,34+,35+,36+,38+,39+,40+/m0/s1. The van der Waals surface area contributed by atoms with Gasteiger partial charge in [0, 0.05) is 26.1 Å². The number of nitrogens with one attached hydrogen (secondary N) is 3. The second kappa shape index (κ2) is 28.1. The third kappa shape index (κ3) is 16.5. The van der Waals surface area contributed by atoms with Gasteiger partial charge in [-0.15, -0.1) is 0 Å². The Balaban J connectivity index is 1.44. The number of carbonyl (C=O) groups excluding carboxylic acids is 4. The van der Waals surface area contributed by atoms with E-state index in [4.69, 9.17) is 33.2 Å². The van der Waals surface area contributed by atoms with Crippen molar-refractivity contribution < 1.29 is 114 Å². The summed E-state index contributed by atoms with van der Waals surface area (Å²) in [6.45, 7) is -5.46.